The molecule has 0 rings (SSSR count). The number of rotatable bonds is 10. The Labute approximate surface area is 99.5 Å². The Kier molecular flexibility index (Phi) is 10.5. The highest BCUT2D eigenvalue weighted by Crippen LogP contribution is 2.13. The standard InChI is InChI=1S/C13H26O3/c1-4-6-8-12(5-2)11-16-13(14)9-7-10-15-3/h12H,4-11H2,1-3H3. The maximum absolute atomic E-state index is 11.3. The van der Waals surface area contributed by atoms with Crippen molar-refractivity contribution in [1.29, 1.82) is 0 Å². The first-order valence-corrected chi connectivity index (χ1v) is 6.39. The van der Waals surface area contributed by atoms with Crippen LogP contribution < -0.4 is 0 Å². The number of esters is 1. The molecule has 0 spiro atoms. The maximum atomic E-state index is 11.3. The Hall–Kier alpha value is -0.570. The summed E-state index contributed by atoms with van der Waals surface area (Å²) in [5.41, 5.74) is 0. The molecule has 0 aliphatic rings. The molecule has 0 N–H and O–H groups in total. The average Bonchev–Trinajstić information content (AvgIpc) is 2.30. The number of carbonyl (C=O) groups is 1. The van der Waals surface area contributed by atoms with E-state index in [-0.39, 0.29) is 5.97 Å². The zero-order valence-electron chi connectivity index (χ0n) is 11.0. The van der Waals surface area contributed by atoms with Gasteiger partial charge in [-0.15, -0.1) is 0 Å². The van der Waals surface area contributed by atoms with Crippen molar-refractivity contribution >= 4 is 5.97 Å². The molecule has 0 fully saturated rings. The fraction of sp³-hybridized carbons (Fsp3) is 0.923. The van der Waals surface area contributed by atoms with Crippen molar-refractivity contribution < 1.29 is 14.3 Å². The first kappa shape index (κ1) is 15.4. The van der Waals surface area contributed by atoms with Gasteiger partial charge in [-0.1, -0.05) is 33.1 Å². The second-order valence-electron chi connectivity index (χ2n) is 4.20. The minimum absolute atomic E-state index is 0.0907. The molecule has 1 unspecified atom stereocenters. The lowest BCUT2D eigenvalue weighted by Crippen LogP contribution is -2.14. The monoisotopic (exact) mass is 230 g/mol. The molecule has 0 amide bonds. The quantitative estimate of drug-likeness (QED) is 0.427. The van der Waals surface area contributed by atoms with Crippen LogP contribution in [0.4, 0.5) is 0 Å². The first-order chi connectivity index (χ1) is 7.74. The van der Waals surface area contributed by atoms with E-state index in [2.05, 4.69) is 13.8 Å². The van der Waals surface area contributed by atoms with Crippen LogP contribution in [0, 0.1) is 5.92 Å². The smallest absolute Gasteiger partial charge is 0.305 e. The van der Waals surface area contributed by atoms with Gasteiger partial charge in [-0.3, -0.25) is 4.79 Å². The van der Waals surface area contributed by atoms with Crippen molar-refractivity contribution in [3.8, 4) is 0 Å². The van der Waals surface area contributed by atoms with E-state index in [1.807, 2.05) is 0 Å². The van der Waals surface area contributed by atoms with Gasteiger partial charge in [-0.05, 0) is 18.8 Å². The van der Waals surface area contributed by atoms with E-state index in [1.165, 1.54) is 19.3 Å². The van der Waals surface area contributed by atoms with Gasteiger partial charge < -0.3 is 9.47 Å². The molecule has 16 heavy (non-hydrogen) atoms. The maximum Gasteiger partial charge on any atom is 0.305 e. The van der Waals surface area contributed by atoms with E-state index in [1.54, 1.807) is 7.11 Å². The van der Waals surface area contributed by atoms with Gasteiger partial charge in [0.2, 0.25) is 0 Å². The third kappa shape index (κ3) is 8.72. The number of methoxy groups -OCH3 is 1. The Morgan fingerprint density at radius 1 is 1.25 bits per heavy atom. The van der Waals surface area contributed by atoms with Crippen molar-refractivity contribution in [3.63, 3.8) is 0 Å². The van der Waals surface area contributed by atoms with E-state index in [0.717, 1.165) is 12.8 Å². The number of hydrogen-bond acceptors (Lipinski definition) is 3. The van der Waals surface area contributed by atoms with Crippen LogP contribution in [0.15, 0.2) is 0 Å². The number of unbranched alkanes of at least 4 members (excludes halogenated alkanes) is 1. The van der Waals surface area contributed by atoms with Gasteiger partial charge in [-0.2, -0.15) is 0 Å². The number of carbonyl (C=O) groups excluding carboxylic acids is 1. The van der Waals surface area contributed by atoms with Gasteiger partial charge >= 0.3 is 5.97 Å². The Morgan fingerprint density at radius 3 is 2.56 bits per heavy atom. The lowest BCUT2D eigenvalue weighted by atomic mass is 10.0. The summed E-state index contributed by atoms with van der Waals surface area (Å²) >= 11 is 0. The summed E-state index contributed by atoms with van der Waals surface area (Å²) in [7, 11) is 1.64. The van der Waals surface area contributed by atoms with E-state index in [4.69, 9.17) is 9.47 Å². The minimum Gasteiger partial charge on any atom is -0.465 e. The molecule has 0 aromatic rings. The summed E-state index contributed by atoms with van der Waals surface area (Å²) in [6.45, 7) is 5.55. The third-order valence-electron chi connectivity index (χ3n) is 2.75. The van der Waals surface area contributed by atoms with Gasteiger partial charge in [0.25, 0.3) is 0 Å². The highest BCUT2D eigenvalue weighted by atomic mass is 16.5. The molecule has 96 valence electrons. The highest BCUT2D eigenvalue weighted by molar-refractivity contribution is 5.69. The average molecular weight is 230 g/mol. The SMILES string of the molecule is CCCCC(CC)COC(=O)CCCOC. The minimum atomic E-state index is -0.0907. The van der Waals surface area contributed by atoms with Crippen LogP contribution in [-0.2, 0) is 14.3 Å². The molecule has 0 heterocycles. The van der Waals surface area contributed by atoms with Crippen LogP contribution >= 0.6 is 0 Å². The lowest BCUT2D eigenvalue weighted by Gasteiger charge is -2.14. The summed E-state index contributed by atoms with van der Waals surface area (Å²) in [5.74, 6) is 0.443. The molecule has 0 aliphatic heterocycles. The van der Waals surface area contributed by atoms with Gasteiger partial charge in [0.1, 0.15) is 0 Å². The van der Waals surface area contributed by atoms with E-state index < -0.39 is 0 Å². The van der Waals surface area contributed by atoms with E-state index in [0.29, 0.717) is 25.6 Å². The summed E-state index contributed by atoms with van der Waals surface area (Å²) < 4.78 is 10.1. The molecule has 0 aromatic carbocycles. The van der Waals surface area contributed by atoms with Crippen LogP contribution in [0.1, 0.15) is 52.4 Å². The van der Waals surface area contributed by atoms with Crippen LogP contribution in [0.3, 0.4) is 0 Å². The van der Waals surface area contributed by atoms with Gasteiger partial charge in [0.15, 0.2) is 0 Å². The van der Waals surface area contributed by atoms with Gasteiger partial charge in [0, 0.05) is 20.1 Å². The van der Waals surface area contributed by atoms with Crippen LogP contribution in [0.25, 0.3) is 0 Å². The molecule has 3 heteroatoms. The van der Waals surface area contributed by atoms with Crippen molar-refractivity contribution in [2.45, 2.75) is 52.4 Å². The first-order valence-electron chi connectivity index (χ1n) is 6.39. The van der Waals surface area contributed by atoms with Crippen molar-refractivity contribution in [2.75, 3.05) is 20.3 Å². The number of hydrogen-bond donors (Lipinski definition) is 0. The molecular weight excluding hydrogens is 204 g/mol. The predicted molar refractivity (Wildman–Crippen MR) is 65.4 cm³/mol. The van der Waals surface area contributed by atoms with Crippen molar-refractivity contribution in [3.05, 3.63) is 0 Å². The van der Waals surface area contributed by atoms with Gasteiger partial charge in [-0.25, -0.2) is 0 Å². The predicted octanol–water partition coefficient (Wildman–Crippen LogP) is 3.17. The Bertz CT molecular complexity index is 169. The normalized spacial score (nSPS) is 12.4. The van der Waals surface area contributed by atoms with Crippen LogP contribution in [-0.4, -0.2) is 26.3 Å². The molecule has 1 atom stereocenters. The zero-order chi connectivity index (χ0) is 12.2. The largest absolute Gasteiger partial charge is 0.465 e. The lowest BCUT2D eigenvalue weighted by molar-refractivity contribution is -0.145. The fourth-order valence-electron chi connectivity index (χ4n) is 1.54. The van der Waals surface area contributed by atoms with Crippen molar-refractivity contribution in [1.82, 2.24) is 0 Å². The summed E-state index contributed by atoms with van der Waals surface area (Å²) in [6, 6.07) is 0. The van der Waals surface area contributed by atoms with E-state index >= 15 is 0 Å². The molecule has 0 aromatic heterocycles. The van der Waals surface area contributed by atoms with E-state index in [9.17, 15) is 4.79 Å². The molecule has 0 saturated carbocycles. The summed E-state index contributed by atoms with van der Waals surface area (Å²) in [5, 5.41) is 0. The Morgan fingerprint density at radius 2 is 2.00 bits per heavy atom. The molecule has 0 aliphatic carbocycles. The van der Waals surface area contributed by atoms with Crippen LogP contribution in [0.5, 0.6) is 0 Å². The Balaban J connectivity index is 3.54. The second-order valence-corrected chi connectivity index (χ2v) is 4.20. The third-order valence-corrected chi connectivity index (χ3v) is 2.75. The molecule has 3 nitrogen and oxygen atoms in total. The molecule has 0 saturated heterocycles. The molecule has 0 bridgehead atoms. The summed E-state index contributed by atoms with van der Waals surface area (Å²) in [6.07, 6.45) is 5.90. The summed E-state index contributed by atoms with van der Waals surface area (Å²) in [4.78, 5) is 11.3. The topological polar surface area (TPSA) is 35.5 Å². The zero-order valence-corrected chi connectivity index (χ0v) is 11.0. The fourth-order valence-corrected chi connectivity index (χ4v) is 1.54. The highest BCUT2D eigenvalue weighted by Gasteiger charge is 2.09. The second kappa shape index (κ2) is 10.9. The molecule has 0 radical (unpaired) electrons. The van der Waals surface area contributed by atoms with Crippen LogP contribution in [0.2, 0.25) is 0 Å². The number of ether oxygens (including phenoxy) is 2. The van der Waals surface area contributed by atoms with Crippen molar-refractivity contribution in [2.24, 2.45) is 5.92 Å². The molecular formula is C13H26O3. The van der Waals surface area contributed by atoms with Gasteiger partial charge in [0.05, 0.1) is 6.61 Å².